The van der Waals surface area contributed by atoms with Crippen LogP contribution in [0.2, 0.25) is 0 Å². The first-order chi connectivity index (χ1) is 7.25. The topological polar surface area (TPSA) is 33.1 Å². The SMILES string of the molecule is Cc1cnn(CCN(C)C2CCNC2)c1.Cl. The highest BCUT2D eigenvalue weighted by molar-refractivity contribution is 5.85. The molecular weight excluding hydrogens is 224 g/mol. The third-order valence-electron chi connectivity index (χ3n) is 3.10. The summed E-state index contributed by atoms with van der Waals surface area (Å²) in [5.74, 6) is 0. The van der Waals surface area contributed by atoms with Gasteiger partial charge in [0, 0.05) is 25.3 Å². The van der Waals surface area contributed by atoms with Crippen LogP contribution in [0.1, 0.15) is 12.0 Å². The lowest BCUT2D eigenvalue weighted by Crippen LogP contribution is -2.35. The molecule has 1 aliphatic rings. The fourth-order valence-electron chi connectivity index (χ4n) is 2.05. The first-order valence-corrected chi connectivity index (χ1v) is 5.66. The van der Waals surface area contributed by atoms with Gasteiger partial charge in [0.1, 0.15) is 0 Å². The second-order valence-corrected chi connectivity index (χ2v) is 4.41. The molecule has 0 saturated carbocycles. The van der Waals surface area contributed by atoms with Crippen molar-refractivity contribution in [3.63, 3.8) is 0 Å². The van der Waals surface area contributed by atoms with Gasteiger partial charge in [-0.2, -0.15) is 5.10 Å². The van der Waals surface area contributed by atoms with Gasteiger partial charge in [-0.15, -0.1) is 12.4 Å². The molecular formula is C11H21ClN4. The molecule has 16 heavy (non-hydrogen) atoms. The summed E-state index contributed by atoms with van der Waals surface area (Å²) in [5, 5.41) is 7.68. The van der Waals surface area contributed by atoms with Crippen LogP contribution in [-0.2, 0) is 6.54 Å². The molecule has 0 spiro atoms. The molecule has 0 bridgehead atoms. The van der Waals surface area contributed by atoms with Crippen LogP contribution < -0.4 is 5.32 Å². The van der Waals surface area contributed by atoms with Gasteiger partial charge in [-0.1, -0.05) is 0 Å². The Kier molecular flexibility index (Phi) is 5.25. The van der Waals surface area contributed by atoms with E-state index in [1.54, 1.807) is 0 Å². The van der Waals surface area contributed by atoms with Crippen LogP contribution >= 0.6 is 12.4 Å². The quantitative estimate of drug-likeness (QED) is 0.855. The van der Waals surface area contributed by atoms with E-state index in [2.05, 4.69) is 35.5 Å². The van der Waals surface area contributed by atoms with Crippen LogP contribution in [-0.4, -0.2) is 47.4 Å². The van der Waals surface area contributed by atoms with E-state index in [9.17, 15) is 0 Å². The number of aryl methyl sites for hydroxylation is 1. The third-order valence-corrected chi connectivity index (χ3v) is 3.10. The summed E-state index contributed by atoms with van der Waals surface area (Å²) < 4.78 is 2.02. The molecule has 1 aromatic rings. The Morgan fingerprint density at radius 3 is 3.00 bits per heavy atom. The van der Waals surface area contributed by atoms with Gasteiger partial charge >= 0.3 is 0 Å². The summed E-state index contributed by atoms with van der Waals surface area (Å²) in [6.07, 6.45) is 5.28. The van der Waals surface area contributed by atoms with Crippen molar-refractivity contribution in [1.82, 2.24) is 20.0 Å². The largest absolute Gasteiger partial charge is 0.315 e. The van der Waals surface area contributed by atoms with E-state index in [0.29, 0.717) is 6.04 Å². The van der Waals surface area contributed by atoms with Gasteiger partial charge in [0.25, 0.3) is 0 Å². The van der Waals surface area contributed by atoms with Gasteiger partial charge < -0.3 is 10.2 Å². The maximum atomic E-state index is 4.29. The number of hydrogen-bond donors (Lipinski definition) is 1. The number of hydrogen-bond acceptors (Lipinski definition) is 3. The van der Waals surface area contributed by atoms with Gasteiger partial charge in [0.15, 0.2) is 0 Å². The summed E-state index contributed by atoms with van der Waals surface area (Å²) in [4.78, 5) is 2.43. The predicted molar refractivity (Wildman–Crippen MR) is 68.1 cm³/mol. The van der Waals surface area contributed by atoms with Gasteiger partial charge in [-0.05, 0) is 32.5 Å². The van der Waals surface area contributed by atoms with Crippen LogP contribution in [0.25, 0.3) is 0 Å². The van der Waals surface area contributed by atoms with Crippen molar-refractivity contribution < 1.29 is 0 Å². The van der Waals surface area contributed by atoms with Crippen LogP contribution in [0.3, 0.4) is 0 Å². The van der Waals surface area contributed by atoms with Crippen molar-refractivity contribution in [1.29, 1.82) is 0 Å². The highest BCUT2D eigenvalue weighted by Crippen LogP contribution is 2.06. The molecule has 4 nitrogen and oxygen atoms in total. The van der Waals surface area contributed by atoms with E-state index < -0.39 is 0 Å². The first-order valence-electron chi connectivity index (χ1n) is 5.66. The predicted octanol–water partition coefficient (Wildman–Crippen LogP) is 0.907. The van der Waals surface area contributed by atoms with Gasteiger partial charge in [-0.3, -0.25) is 4.68 Å². The number of likely N-dealkylation sites (N-methyl/N-ethyl adjacent to an activating group) is 1. The number of rotatable bonds is 4. The smallest absolute Gasteiger partial charge is 0.0536 e. The Morgan fingerprint density at radius 2 is 2.44 bits per heavy atom. The Morgan fingerprint density at radius 1 is 1.62 bits per heavy atom. The van der Waals surface area contributed by atoms with E-state index in [0.717, 1.165) is 26.2 Å². The molecule has 1 fully saturated rings. The van der Waals surface area contributed by atoms with Crippen LogP contribution in [0.4, 0.5) is 0 Å². The third kappa shape index (κ3) is 3.47. The molecule has 0 amide bonds. The summed E-state index contributed by atoms with van der Waals surface area (Å²) in [6, 6.07) is 0.710. The first kappa shape index (κ1) is 13.5. The summed E-state index contributed by atoms with van der Waals surface area (Å²) >= 11 is 0. The lowest BCUT2D eigenvalue weighted by Gasteiger charge is -2.23. The molecule has 92 valence electrons. The zero-order valence-corrected chi connectivity index (χ0v) is 10.8. The maximum absolute atomic E-state index is 4.29. The molecule has 1 unspecified atom stereocenters. The molecule has 2 heterocycles. The number of aromatic nitrogens is 2. The molecule has 0 aliphatic carbocycles. The molecule has 1 N–H and O–H groups in total. The Hall–Kier alpha value is -0.580. The molecule has 0 aromatic carbocycles. The standard InChI is InChI=1S/C11H20N4.ClH/c1-10-7-13-15(9-10)6-5-14(2)11-3-4-12-8-11;/h7,9,11-12H,3-6,8H2,1-2H3;1H. The molecule has 1 aliphatic heterocycles. The average molecular weight is 245 g/mol. The number of halogens is 1. The molecule has 1 aromatic heterocycles. The summed E-state index contributed by atoms with van der Waals surface area (Å²) in [5.41, 5.74) is 1.24. The lowest BCUT2D eigenvalue weighted by molar-refractivity contribution is 0.243. The minimum atomic E-state index is 0. The fourth-order valence-corrected chi connectivity index (χ4v) is 2.05. The summed E-state index contributed by atoms with van der Waals surface area (Å²) in [6.45, 7) is 6.44. The van der Waals surface area contributed by atoms with Crippen LogP contribution in [0.5, 0.6) is 0 Å². The Bertz CT molecular complexity index is 307. The molecule has 1 atom stereocenters. The maximum Gasteiger partial charge on any atom is 0.0536 e. The van der Waals surface area contributed by atoms with Crippen molar-refractivity contribution in [3.8, 4) is 0 Å². The van der Waals surface area contributed by atoms with E-state index in [1.165, 1.54) is 12.0 Å². The van der Waals surface area contributed by atoms with Gasteiger partial charge in [0.05, 0.1) is 12.7 Å². The van der Waals surface area contributed by atoms with E-state index in [4.69, 9.17) is 0 Å². The molecule has 5 heteroatoms. The van der Waals surface area contributed by atoms with Crippen molar-refractivity contribution in [2.24, 2.45) is 0 Å². The molecule has 2 rings (SSSR count). The average Bonchev–Trinajstić information content (AvgIpc) is 2.84. The van der Waals surface area contributed by atoms with Crippen LogP contribution in [0.15, 0.2) is 12.4 Å². The normalized spacial score (nSPS) is 20.1. The fraction of sp³-hybridized carbons (Fsp3) is 0.727. The number of nitrogens with one attached hydrogen (secondary N) is 1. The van der Waals surface area contributed by atoms with Crippen molar-refractivity contribution in [2.45, 2.75) is 25.9 Å². The highest BCUT2D eigenvalue weighted by atomic mass is 35.5. The number of nitrogens with zero attached hydrogens (tertiary/aromatic N) is 3. The minimum absolute atomic E-state index is 0. The van der Waals surface area contributed by atoms with Crippen molar-refractivity contribution >= 4 is 12.4 Å². The van der Waals surface area contributed by atoms with Gasteiger partial charge in [0.2, 0.25) is 0 Å². The second-order valence-electron chi connectivity index (χ2n) is 4.41. The van der Waals surface area contributed by atoms with Gasteiger partial charge in [-0.25, -0.2) is 0 Å². The monoisotopic (exact) mass is 244 g/mol. The van der Waals surface area contributed by atoms with E-state index in [1.807, 2.05) is 10.9 Å². The van der Waals surface area contributed by atoms with Crippen molar-refractivity contribution in [2.75, 3.05) is 26.7 Å². The zero-order chi connectivity index (χ0) is 10.7. The second kappa shape index (κ2) is 6.23. The minimum Gasteiger partial charge on any atom is -0.315 e. The summed E-state index contributed by atoms with van der Waals surface area (Å²) in [7, 11) is 2.20. The molecule has 1 saturated heterocycles. The van der Waals surface area contributed by atoms with E-state index in [-0.39, 0.29) is 12.4 Å². The lowest BCUT2D eigenvalue weighted by atomic mass is 10.2. The van der Waals surface area contributed by atoms with E-state index >= 15 is 0 Å². The Balaban J connectivity index is 0.00000128. The van der Waals surface area contributed by atoms with Crippen LogP contribution in [0, 0.1) is 6.92 Å². The van der Waals surface area contributed by atoms with Crippen molar-refractivity contribution in [3.05, 3.63) is 18.0 Å². The molecule has 0 radical (unpaired) electrons. The Labute approximate surface area is 103 Å². The highest BCUT2D eigenvalue weighted by Gasteiger charge is 2.18. The zero-order valence-electron chi connectivity index (χ0n) is 10.0.